The van der Waals surface area contributed by atoms with Crippen LogP contribution in [-0.4, -0.2) is 23.7 Å². The standard InChI is InChI=1S/C17H19NO2S/c1-13(19)11-18-17(20)15-9-7-14(8-10-15)12-21-16-5-3-2-4-6-16/h2-10,13,19H,11-12H2,1H3,(H,18,20). The molecule has 1 atom stereocenters. The number of hydrogen-bond donors (Lipinski definition) is 2. The van der Waals surface area contributed by atoms with Crippen LogP contribution in [0.25, 0.3) is 0 Å². The summed E-state index contributed by atoms with van der Waals surface area (Å²) in [4.78, 5) is 13.0. The van der Waals surface area contributed by atoms with Crippen molar-refractivity contribution in [2.75, 3.05) is 6.54 Å². The summed E-state index contributed by atoms with van der Waals surface area (Å²) in [5.74, 6) is 0.720. The second-order valence-corrected chi connectivity index (χ2v) is 5.91. The molecule has 4 heteroatoms. The van der Waals surface area contributed by atoms with E-state index in [0.29, 0.717) is 5.56 Å². The van der Waals surface area contributed by atoms with E-state index in [1.54, 1.807) is 18.7 Å². The predicted octanol–water partition coefficient (Wildman–Crippen LogP) is 3.09. The van der Waals surface area contributed by atoms with Crippen LogP contribution < -0.4 is 5.32 Å². The molecular weight excluding hydrogens is 282 g/mol. The van der Waals surface area contributed by atoms with Gasteiger partial charge < -0.3 is 10.4 Å². The summed E-state index contributed by atoms with van der Waals surface area (Å²) in [6.45, 7) is 1.91. The summed E-state index contributed by atoms with van der Waals surface area (Å²) in [5, 5.41) is 11.8. The van der Waals surface area contributed by atoms with E-state index in [2.05, 4.69) is 17.4 Å². The highest BCUT2D eigenvalue weighted by molar-refractivity contribution is 7.98. The molecule has 2 aromatic carbocycles. The van der Waals surface area contributed by atoms with E-state index in [9.17, 15) is 4.79 Å². The molecule has 3 nitrogen and oxygen atoms in total. The number of thioether (sulfide) groups is 1. The fourth-order valence-electron chi connectivity index (χ4n) is 1.78. The highest BCUT2D eigenvalue weighted by Crippen LogP contribution is 2.22. The maximum Gasteiger partial charge on any atom is 0.251 e. The molecule has 0 aliphatic rings. The molecule has 110 valence electrons. The average molecular weight is 301 g/mol. The topological polar surface area (TPSA) is 49.3 Å². The van der Waals surface area contributed by atoms with Crippen LogP contribution in [0, 0.1) is 0 Å². The Morgan fingerprint density at radius 2 is 1.81 bits per heavy atom. The third-order valence-corrected chi connectivity index (χ3v) is 4.01. The number of carbonyl (C=O) groups excluding carboxylic acids is 1. The quantitative estimate of drug-likeness (QED) is 0.806. The molecule has 21 heavy (non-hydrogen) atoms. The largest absolute Gasteiger partial charge is 0.392 e. The minimum atomic E-state index is -0.532. The summed E-state index contributed by atoms with van der Waals surface area (Å²) in [6, 6.07) is 17.8. The van der Waals surface area contributed by atoms with Crippen LogP contribution in [0.2, 0.25) is 0 Å². The molecule has 1 unspecified atom stereocenters. The molecule has 2 aromatic rings. The molecule has 2 rings (SSSR count). The summed E-state index contributed by atoms with van der Waals surface area (Å²) >= 11 is 1.77. The van der Waals surface area contributed by atoms with E-state index in [1.165, 1.54) is 10.5 Å². The number of rotatable bonds is 6. The van der Waals surface area contributed by atoms with Crippen LogP contribution in [-0.2, 0) is 5.75 Å². The van der Waals surface area contributed by atoms with Gasteiger partial charge in [-0.3, -0.25) is 4.79 Å². The molecule has 0 bridgehead atoms. The zero-order valence-electron chi connectivity index (χ0n) is 12.0. The summed E-state index contributed by atoms with van der Waals surface area (Å²) in [7, 11) is 0. The van der Waals surface area contributed by atoms with Gasteiger partial charge in [0.1, 0.15) is 0 Å². The molecule has 0 heterocycles. The SMILES string of the molecule is CC(O)CNC(=O)c1ccc(CSc2ccccc2)cc1. The lowest BCUT2D eigenvalue weighted by molar-refractivity contribution is 0.0924. The van der Waals surface area contributed by atoms with Gasteiger partial charge in [0.15, 0.2) is 0 Å². The molecule has 0 fully saturated rings. The van der Waals surface area contributed by atoms with Gasteiger partial charge in [0, 0.05) is 22.8 Å². The van der Waals surface area contributed by atoms with Crippen molar-refractivity contribution in [3.8, 4) is 0 Å². The molecule has 0 spiro atoms. The summed E-state index contributed by atoms with van der Waals surface area (Å²) in [6.07, 6.45) is -0.532. The number of benzene rings is 2. The third-order valence-electron chi connectivity index (χ3n) is 2.92. The van der Waals surface area contributed by atoms with Crippen molar-refractivity contribution >= 4 is 17.7 Å². The van der Waals surface area contributed by atoms with Crippen LogP contribution in [0.3, 0.4) is 0 Å². The Hall–Kier alpha value is -1.78. The smallest absolute Gasteiger partial charge is 0.251 e. The molecule has 0 saturated heterocycles. The lowest BCUT2D eigenvalue weighted by atomic mass is 10.1. The number of hydrogen-bond acceptors (Lipinski definition) is 3. The second kappa shape index (κ2) is 7.86. The minimum absolute atomic E-state index is 0.154. The Balaban J connectivity index is 1.88. The van der Waals surface area contributed by atoms with Crippen molar-refractivity contribution in [2.24, 2.45) is 0 Å². The van der Waals surface area contributed by atoms with Gasteiger partial charge in [0.25, 0.3) is 5.91 Å². The molecule has 0 aromatic heterocycles. The van der Waals surface area contributed by atoms with Gasteiger partial charge in [-0.15, -0.1) is 11.8 Å². The average Bonchev–Trinajstić information content (AvgIpc) is 2.52. The Morgan fingerprint density at radius 3 is 2.43 bits per heavy atom. The molecule has 0 aliphatic heterocycles. The first kappa shape index (κ1) is 15.6. The molecule has 0 aliphatic carbocycles. The van der Waals surface area contributed by atoms with Crippen LogP contribution >= 0.6 is 11.8 Å². The first-order valence-corrected chi connectivity index (χ1v) is 7.87. The molecule has 0 radical (unpaired) electrons. The Bertz CT molecular complexity index is 567. The maximum atomic E-state index is 11.8. The van der Waals surface area contributed by atoms with E-state index in [0.717, 1.165) is 5.75 Å². The highest BCUT2D eigenvalue weighted by atomic mass is 32.2. The Kier molecular flexibility index (Phi) is 5.84. The lowest BCUT2D eigenvalue weighted by Crippen LogP contribution is -2.30. The van der Waals surface area contributed by atoms with Crippen LogP contribution in [0.1, 0.15) is 22.8 Å². The van der Waals surface area contributed by atoms with E-state index >= 15 is 0 Å². The molecule has 2 N–H and O–H groups in total. The number of nitrogens with one attached hydrogen (secondary N) is 1. The predicted molar refractivity (Wildman–Crippen MR) is 86.5 cm³/mol. The zero-order chi connectivity index (χ0) is 15.1. The molecular formula is C17H19NO2S. The van der Waals surface area contributed by atoms with Crippen molar-refractivity contribution < 1.29 is 9.90 Å². The third kappa shape index (κ3) is 5.25. The fourth-order valence-corrected chi connectivity index (χ4v) is 2.65. The van der Waals surface area contributed by atoms with Crippen molar-refractivity contribution in [2.45, 2.75) is 23.7 Å². The normalized spacial score (nSPS) is 11.9. The van der Waals surface area contributed by atoms with Gasteiger partial charge >= 0.3 is 0 Å². The van der Waals surface area contributed by atoms with E-state index in [1.807, 2.05) is 42.5 Å². The fraction of sp³-hybridized carbons (Fsp3) is 0.235. The number of aliphatic hydroxyl groups excluding tert-OH is 1. The highest BCUT2D eigenvalue weighted by Gasteiger charge is 2.06. The van der Waals surface area contributed by atoms with Crippen molar-refractivity contribution in [1.29, 1.82) is 0 Å². The van der Waals surface area contributed by atoms with Gasteiger partial charge in [0.2, 0.25) is 0 Å². The number of carbonyl (C=O) groups is 1. The maximum absolute atomic E-state index is 11.8. The van der Waals surface area contributed by atoms with Crippen LogP contribution in [0.15, 0.2) is 59.5 Å². The van der Waals surface area contributed by atoms with Crippen molar-refractivity contribution in [1.82, 2.24) is 5.32 Å². The zero-order valence-corrected chi connectivity index (χ0v) is 12.8. The van der Waals surface area contributed by atoms with Gasteiger partial charge in [-0.1, -0.05) is 30.3 Å². The van der Waals surface area contributed by atoms with Crippen molar-refractivity contribution in [3.05, 3.63) is 65.7 Å². The van der Waals surface area contributed by atoms with Gasteiger partial charge in [0.05, 0.1) is 6.10 Å². The van der Waals surface area contributed by atoms with Gasteiger partial charge in [-0.05, 0) is 36.8 Å². The Morgan fingerprint density at radius 1 is 1.14 bits per heavy atom. The first-order chi connectivity index (χ1) is 10.1. The second-order valence-electron chi connectivity index (χ2n) is 4.86. The van der Waals surface area contributed by atoms with Gasteiger partial charge in [-0.2, -0.15) is 0 Å². The van der Waals surface area contributed by atoms with E-state index < -0.39 is 6.10 Å². The summed E-state index contributed by atoms with van der Waals surface area (Å²) < 4.78 is 0. The number of aliphatic hydroxyl groups is 1. The molecule has 0 saturated carbocycles. The summed E-state index contributed by atoms with van der Waals surface area (Å²) in [5.41, 5.74) is 1.79. The first-order valence-electron chi connectivity index (χ1n) is 6.88. The van der Waals surface area contributed by atoms with Crippen LogP contribution in [0.4, 0.5) is 0 Å². The number of amides is 1. The van der Waals surface area contributed by atoms with E-state index in [4.69, 9.17) is 5.11 Å². The van der Waals surface area contributed by atoms with E-state index in [-0.39, 0.29) is 12.5 Å². The monoisotopic (exact) mass is 301 g/mol. The minimum Gasteiger partial charge on any atom is -0.392 e. The lowest BCUT2D eigenvalue weighted by Gasteiger charge is -2.08. The van der Waals surface area contributed by atoms with Crippen molar-refractivity contribution in [3.63, 3.8) is 0 Å². The Labute approximate surface area is 129 Å². The van der Waals surface area contributed by atoms with Crippen LogP contribution in [0.5, 0.6) is 0 Å². The van der Waals surface area contributed by atoms with Gasteiger partial charge in [-0.25, -0.2) is 0 Å². The molecule has 1 amide bonds.